The fourth-order valence-corrected chi connectivity index (χ4v) is 5.24. The first-order valence-electron chi connectivity index (χ1n) is 10.7. The molecule has 1 aliphatic heterocycles. The highest BCUT2D eigenvalue weighted by Gasteiger charge is 2.35. The maximum atomic E-state index is 13.4. The van der Waals surface area contributed by atoms with Crippen LogP contribution in [0.1, 0.15) is 61.7 Å². The molecule has 1 unspecified atom stereocenters. The Morgan fingerprint density at radius 3 is 2.69 bits per heavy atom. The van der Waals surface area contributed by atoms with Crippen molar-refractivity contribution in [2.45, 2.75) is 69.9 Å². The minimum Gasteiger partial charge on any atom is -0.345 e. The van der Waals surface area contributed by atoms with E-state index in [1.165, 1.54) is 6.42 Å². The normalized spacial score (nSPS) is 23.1. The van der Waals surface area contributed by atoms with Gasteiger partial charge in [-0.25, -0.2) is 8.78 Å². The molecular weight excluding hydrogens is 394 g/mol. The number of halogens is 3. The van der Waals surface area contributed by atoms with E-state index in [9.17, 15) is 13.6 Å². The number of hydrogen-bond acceptors (Lipinski definition) is 2. The van der Waals surface area contributed by atoms with Gasteiger partial charge in [-0.1, -0.05) is 17.7 Å². The van der Waals surface area contributed by atoms with Gasteiger partial charge in [0.25, 0.3) is 0 Å². The van der Waals surface area contributed by atoms with Crippen LogP contribution in [0.15, 0.2) is 24.4 Å². The van der Waals surface area contributed by atoms with Crippen molar-refractivity contribution in [3.05, 3.63) is 35.0 Å². The number of alkyl halides is 2. The van der Waals surface area contributed by atoms with Gasteiger partial charge in [0, 0.05) is 49.0 Å². The Labute approximate surface area is 176 Å². The topological polar surface area (TPSA) is 25.2 Å². The molecule has 0 amide bonds. The molecule has 1 saturated carbocycles. The van der Waals surface area contributed by atoms with Gasteiger partial charge in [-0.3, -0.25) is 4.79 Å². The second kappa shape index (κ2) is 8.35. The Morgan fingerprint density at radius 1 is 1.24 bits per heavy atom. The lowest BCUT2D eigenvalue weighted by atomic mass is 9.83. The molecule has 3 nitrogen and oxygen atoms in total. The highest BCUT2D eigenvalue weighted by Crippen LogP contribution is 2.38. The van der Waals surface area contributed by atoms with Crippen LogP contribution in [0.25, 0.3) is 10.9 Å². The average molecular weight is 423 g/mol. The van der Waals surface area contributed by atoms with Crippen LogP contribution in [0.2, 0.25) is 5.02 Å². The quantitative estimate of drug-likeness (QED) is 0.519. The second-order valence-electron chi connectivity index (χ2n) is 8.87. The molecule has 2 aromatic rings. The van der Waals surface area contributed by atoms with Crippen LogP contribution >= 0.6 is 11.6 Å². The molecule has 0 N–H and O–H groups in total. The van der Waals surface area contributed by atoms with E-state index >= 15 is 0 Å². The molecule has 0 bridgehead atoms. The molecule has 4 rings (SSSR count). The third-order valence-corrected chi connectivity index (χ3v) is 7.17. The number of ketones is 1. The number of fused-ring (bicyclic) bond motifs is 1. The van der Waals surface area contributed by atoms with Gasteiger partial charge in [-0.2, -0.15) is 0 Å². The van der Waals surface area contributed by atoms with E-state index in [0.717, 1.165) is 30.4 Å². The van der Waals surface area contributed by atoms with Crippen LogP contribution < -0.4 is 0 Å². The lowest BCUT2D eigenvalue weighted by Crippen LogP contribution is -2.29. The van der Waals surface area contributed by atoms with Crippen LogP contribution in [-0.2, 0) is 6.54 Å². The van der Waals surface area contributed by atoms with Gasteiger partial charge >= 0.3 is 0 Å². The van der Waals surface area contributed by atoms with E-state index in [-0.39, 0.29) is 24.5 Å². The van der Waals surface area contributed by atoms with E-state index in [1.54, 1.807) is 0 Å². The molecule has 158 valence electrons. The lowest BCUT2D eigenvalue weighted by molar-refractivity contribution is -0.0464. The molecule has 2 heterocycles. The zero-order chi connectivity index (χ0) is 20.6. The number of benzene rings is 1. The molecular formula is C23H29ClF2N2O. The smallest absolute Gasteiger partial charge is 0.248 e. The summed E-state index contributed by atoms with van der Waals surface area (Å²) in [7, 11) is 2.15. The summed E-state index contributed by atoms with van der Waals surface area (Å²) in [5, 5.41) is 1.43. The van der Waals surface area contributed by atoms with Crippen LogP contribution in [0.5, 0.6) is 0 Å². The van der Waals surface area contributed by atoms with E-state index in [0.29, 0.717) is 42.3 Å². The molecule has 1 aromatic heterocycles. The van der Waals surface area contributed by atoms with Gasteiger partial charge in [0.15, 0.2) is 5.78 Å². The van der Waals surface area contributed by atoms with Crippen molar-refractivity contribution < 1.29 is 13.6 Å². The molecule has 2 aliphatic rings. The standard InChI is InChI=1S/C23H29ClF2N2O/c1-27-13-3-4-17(27)14-28-15-18(22-19(24)5-2-6-20(22)28)21(29)8-7-16-9-11-23(25,26)12-10-16/h2,5-6,15-17H,3-4,7-14H2,1H3. The van der Waals surface area contributed by atoms with Crippen LogP contribution in [0, 0.1) is 5.92 Å². The van der Waals surface area contributed by atoms with Crippen molar-refractivity contribution in [3.8, 4) is 0 Å². The number of carbonyl (C=O) groups excluding carboxylic acids is 1. The van der Waals surface area contributed by atoms with E-state index in [2.05, 4.69) is 16.5 Å². The fraction of sp³-hybridized carbons (Fsp3) is 0.609. The molecule has 29 heavy (non-hydrogen) atoms. The summed E-state index contributed by atoms with van der Waals surface area (Å²) in [5.74, 6) is -2.23. The van der Waals surface area contributed by atoms with E-state index in [4.69, 9.17) is 11.6 Å². The number of aromatic nitrogens is 1. The van der Waals surface area contributed by atoms with Gasteiger partial charge < -0.3 is 9.47 Å². The minimum atomic E-state index is -2.52. The highest BCUT2D eigenvalue weighted by molar-refractivity contribution is 6.37. The number of carbonyl (C=O) groups is 1. The minimum absolute atomic E-state index is 0.0497. The van der Waals surface area contributed by atoms with Gasteiger partial charge in [0.1, 0.15) is 0 Å². The van der Waals surface area contributed by atoms with Crippen molar-refractivity contribution in [2.24, 2.45) is 5.92 Å². The maximum absolute atomic E-state index is 13.4. The predicted octanol–water partition coefficient (Wildman–Crippen LogP) is 6.18. The van der Waals surface area contributed by atoms with Gasteiger partial charge in [-0.15, -0.1) is 0 Å². The summed E-state index contributed by atoms with van der Waals surface area (Å²) >= 11 is 6.49. The lowest BCUT2D eigenvalue weighted by Gasteiger charge is -2.27. The first-order chi connectivity index (χ1) is 13.8. The number of rotatable bonds is 6. The molecule has 6 heteroatoms. The number of likely N-dealkylation sites (tertiary alicyclic amines) is 1. The van der Waals surface area contributed by atoms with E-state index in [1.807, 2.05) is 24.4 Å². The predicted molar refractivity (Wildman–Crippen MR) is 113 cm³/mol. The van der Waals surface area contributed by atoms with Crippen LogP contribution in [-0.4, -0.2) is 40.8 Å². The first kappa shape index (κ1) is 20.8. The number of hydrogen-bond donors (Lipinski definition) is 0. The van der Waals surface area contributed by atoms with E-state index < -0.39 is 5.92 Å². The molecule has 1 atom stereocenters. The Hall–Kier alpha value is -1.46. The number of nitrogens with zero attached hydrogens (tertiary/aromatic N) is 2. The third-order valence-electron chi connectivity index (χ3n) is 6.85. The summed E-state index contributed by atoms with van der Waals surface area (Å²) in [6.07, 6.45) is 6.31. The number of Topliss-reactive ketones (excluding diaryl/α,β-unsaturated/α-hetero) is 1. The van der Waals surface area contributed by atoms with Gasteiger partial charge in [-0.05, 0) is 63.7 Å². The molecule has 2 fully saturated rings. The van der Waals surface area contributed by atoms with Crippen molar-refractivity contribution >= 4 is 28.3 Å². The van der Waals surface area contributed by atoms with Gasteiger partial charge in [0.05, 0.1) is 10.5 Å². The monoisotopic (exact) mass is 422 g/mol. The zero-order valence-electron chi connectivity index (χ0n) is 17.0. The molecule has 1 aromatic carbocycles. The molecule has 1 saturated heterocycles. The van der Waals surface area contributed by atoms with Crippen molar-refractivity contribution in [3.63, 3.8) is 0 Å². The Bertz CT molecular complexity index is 884. The maximum Gasteiger partial charge on any atom is 0.248 e. The summed E-state index contributed by atoms with van der Waals surface area (Å²) in [5.41, 5.74) is 1.67. The molecule has 0 spiro atoms. The van der Waals surface area contributed by atoms with Crippen molar-refractivity contribution in [1.82, 2.24) is 9.47 Å². The second-order valence-corrected chi connectivity index (χ2v) is 9.27. The summed E-state index contributed by atoms with van der Waals surface area (Å²) in [6.45, 7) is 1.95. The Kier molecular flexibility index (Phi) is 5.99. The third kappa shape index (κ3) is 4.51. The first-order valence-corrected chi connectivity index (χ1v) is 11.1. The Balaban J connectivity index is 1.51. The summed E-state index contributed by atoms with van der Waals surface area (Å²) in [6, 6.07) is 6.25. The molecule has 0 radical (unpaired) electrons. The SMILES string of the molecule is CN1CCCC1Cn1cc(C(=O)CCC2CCC(F)(F)CC2)c2c(Cl)cccc21. The fourth-order valence-electron chi connectivity index (χ4n) is 4.97. The van der Waals surface area contributed by atoms with Crippen molar-refractivity contribution in [1.29, 1.82) is 0 Å². The van der Waals surface area contributed by atoms with Crippen molar-refractivity contribution in [2.75, 3.05) is 13.6 Å². The zero-order valence-corrected chi connectivity index (χ0v) is 17.7. The van der Waals surface area contributed by atoms with Crippen LogP contribution in [0.4, 0.5) is 8.78 Å². The summed E-state index contributed by atoms with van der Waals surface area (Å²) in [4.78, 5) is 15.4. The highest BCUT2D eigenvalue weighted by atomic mass is 35.5. The Morgan fingerprint density at radius 2 is 2.00 bits per heavy atom. The average Bonchev–Trinajstić information content (AvgIpc) is 3.26. The van der Waals surface area contributed by atoms with Gasteiger partial charge in [0.2, 0.25) is 5.92 Å². The summed E-state index contributed by atoms with van der Waals surface area (Å²) < 4.78 is 28.9. The van der Waals surface area contributed by atoms with Crippen LogP contribution in [0.3, 0.4) is 0 Å². The number of likely N-dealkylation sites (N-methyl/N-ethyl adjacent to an activating group) is 1. The largest absolute Gasteiger partial charge is 0.345 e. The molecule has 1 aliphatic carbocycles.